The number of anilines is 1. The van der Waals surface area contributed by atoms with E-state index in [1.165, 1.54) is 18.5 Å². The molecule has 0 atom stereocenters. The van der Waals surface area contributed by atoms with E-state index in [1.54, 1.807) is 0 Å². The number of hydrogen-bond acceptors (Lipinski definition) is 1. The van der Waals surface area contributed by atoms with Crippen LogP contribution in [0.25, 0.3) is 0 Å². The number of hydrogen-bond donors (Lipinski definition) is 2. The predicted molar refractivity (Wildman–Crippen MR) is 45.0 cm³/mol. The number of aryl methyl sites for hydroxylation is 2. The summed E-state index contributed by atoms with van der Waals surface area (Å²) in [5.41, 5.74) is 6.78. The summed E-state index contributed by atoms with van der Waals surface area (Å²) in [7, 11) is 0. The average molecular weight is 154 g/mol. The van der Waals surface area contributed by atoms with Crippen molar-refractivity contribution < 1.29 is 4.68 Å². The van der Waals surface area contributed by atoms with Crippen LogP contribution in [-0.2, 0) is 6.54 Å². The fraction of sp³-hybridized carbons (Fsp3) is 0.625. The van der Waals surface area contributed by atoms with Crippen LogP contribution in [0.15, 0.2) is 6.07 Å². The van der Waals surface area contributed by atoms with Gasteiger partial charge in [-0.2, -0.15) is 0 Å². The van der Waals surface area contributed by atoms with Crippen LogP contribution < -0.4 is 10.4 Å². The van der Waals surface area contributed by atoms with Crippen LogP contribution in [0.1, 0.15) is 25.5 Å². The van der Waals surface area contributed by atoms with Gasteiger partial charge in [0.05, 0.1) is 6.07 Å². The molecule has 0 aliphatic rings. The van der Waals surface area contributed by atoms with E-state index in [4.69, 9.17) is 5.73 Å². The highest BCUT2D eigenvalue weighted by molar-refractivity contribution is 5.24. The van der Waals surface area contributed by atoms with Crippen LogP contribution in [0, 0.1) is 6.92 Å². The number of nitrogens with two attached hydrogens (primary N) is 1. The summed E-state index contributed by atoms with van der Waals surface area (Å²) in [5.74, 6) is 0.749. The predicted octanol–water partition coefficient (Wildman–Crippen LogP) is 0.993. The Kier molecular flexibility index (Phi) is 2.52. The van der Waals surface area contributed by atoms with Gasteiger partial charge in [-0.05, 0) is 0 Å². The van der Waals surface area contributed by atoms with Crippen LogP contribution in [0.2, 0.25) is 0 Å². The van der Waals surface area contributed by atoms with Crippen molar-refractivity contribution in [1.82, 2.24) is 5.10 Å². The van der Waals surface area contributed by atoms with Crippen molar-refractivity contribution in [3.63, 3.8) is 0 Å². The van der Waals surface area contributed by atoms with Gasteiger partial charge in [-0.1, -0.05) is 13.3 Å². The van der Waals surface area contributed by atoms with E-state index in [0.717, 1.165) is 12.4 Å². The fourth-order valence-electron chi connectivity index (χ4n) is 1.13. The third-order valence-corrected chi connectivity index (χ3v) is 1.79. The van der Waals surface area contributed by atoms with E-state index >= 15 is 0 Å². The van der Waals surface area contributed by atoms with Crippen LogP contribution in [0.5, 0.6) is 0 Å². The van der Waals surface area contributed by atoms with Gasteiger partial charge in [-0.15, -0.1) is 9.78 Å². The Hall–Kier alpha value is -0.990. The zero-order valence-corrected chi connectivity index (χ0v) is 7.22. The minimum absolute atomic E-state index is 0.749. The normalized spacial score (nSPS) is 10.4. The second kappa shape index (κ2) is 3.42. The van der Waals surface area contributed by atoms with Crippen molar-refractivity contribution in [2.75, 3.05) is 5.73 Å². The van der Waals surface area contributed by atoms with Gasteiger partial charge in [0.15, 0.2) is 12.4 Å². The molecule has 0 bridgehead atoms. The molecule has 0 spiro atoms. The molecule has 1 heterocycles. The number of aromatic nitrogens is 2. The van der Waals surface area contributed by atoms with Crippen molar-refractivity contribution in [2.24, 2.45) is 0 Å². The number of nitrogens with zero attached hydrogens (tertiary/aromatic N) is 1. The standard InChI is InChI=1S/C8H15N3/c1-3-4-5-11-7(2)6-8(9)10-11/h6H,3-5H2,1-2H3,(H2,9,10)/p+1. The number of unbranched alkanes of at least 4 members (excludes halogenated alkanes) is 1. The summed E-state index contributed by atoms with van der Waals surface area (Å²) >= 11 is 0. The van der Waals surface area contributed by atoms with Gasteiger partial charge >= 0.3 is 0 Å². The molecule has 0 radical (unpaired) electrons. The number of nitrogen functional groups attached to an aromatic ring is 1. The Bertz CT molecular complexity index is 227. The third kappa shape index (κ3) is 1.97. The number of nitrogens with one attached hydrogen (secondary N) is 1. The molecule has 3 heteroatoms. The second-order valence-electron chi connectivity index (χ2n) is 2.86. The van der Waals surface area contributed by atoms with Crippen molar-refractivity contribution >= 4 is 5.82 Å². The average Bonchev–Trinajstić information content (AvgIpc) is 2.26. The molecule has 0 saturated carbocycles. The first kappa shape index (κ1) is 8.11. The zero-order valence-electron chi connectivity index (χ0n) is 7.22. The lowest BCUT2D eigenvalue weighted by Gasteiger charge is -1.90. The largest absolute Gasteiger partial charge is 0.381 e. The summed E-state index contributed by atoms with van der Waals surface area (Å²) in [4.78, 5) is 0. The van der Waals surface area contributed by atoms with Crippen molar-refractivity contribution in [3.8, 4) is 0 Å². The summed E-state index contributed by atoms with van der Waals surface area (Å²) in [6, 6.07) is 1.95. The Morgan fingerprint density at radius 1 is 1.64 bits per heavy atom. The van der Waals surface area contributed by atoms with Gasteiger partial charge in [0, 0.05) is 13.3 Å². The van der Waals surface area contributed by atoms with Gasteiger partial charge in [-0.25, -0.2) is 0 Å². The van der Waals surface area contributed by atoms with Crippen LogP contribution in [-0.4, -0.2) is 5.10 Å². The van der Waals surface area contributed by atoms with Gasteiger partial charge < -0.3 is 5.73 Å². The Balaban J connectivity index is 2.62. The Labute approximate surface area is 67.2 Å². The molecular formula is C8H16N3+. The van der Waals surface area contributed by atoms with E-state index in [-0.39, 0.29) is 0 Å². The van der Waals surface area contributed by atoms with E-state index in [2.05, 4.69) is 23.6 Å². The van der Waals surface area contributed by atoms with Crippen molar-refractivity contribution in [3.05, 3.63) is 11.8 Å². The molecule has 0 aromatic carbocycles. The molecule has 11 heavy (non-hydrogen) atoms. The topological polar surface area (TPSA) is 45.7 Å². The smallest absolute Gasteiger partial charge is 0.206 e. The van der Waals surface area contributed by atoms with Crippen LogP contribution in [0.3, 0.4) is 0 Å². The van der Waals surface area contributed by atoms with E-state index in [0.29, 0.717) is 0 Å². The summed E-state index contributed by atoms with van der Waals surface area (Å²) in [6.07, 6.45) is 2.41. The molecule has 0 saturated heterocycles. The van der Waals surface area contributed by atoms with Crippen molar-refractivity contribution in [2.45, 2.75) is 33.2 Å². The maximum absolute atomic E-state index is 5.57. The number of aromatic amines is 1. The Morgan fingerprint density at radius 3 is 2.82 bits per heavy atom. The van der Waals surface area contributed by atoms with Crippen LogP contribution >= 0.6 is 0 Å². The van der Waals surface area contributed by atoms with Gasteiger partial charge in [0.25, 0.3) is 0 Å². The molecule has 0 aliphatic carbocycles. The van der Waals surface area contributed by atoms with E-state index < -0.39 is 0 Å². The van der Waals surface area contributed by atoms with Gasteiger partial charge in [0.1, 0.15) is 0 Å². The summed E-state index contributed by atoms with van der Waals surface area (Å²) < 4.78 is 2.08. The maximum atomic E-state index is 5.57. The van der Waals surface area contributed by atoms with Gasteiger partial charge in [-0.3, -0.25) is 0 Å². The molecule has 0 aliphatic heterocycles. The third-order valence-electron chi connectivity index (χ3n) is 1.79. The fourth-order valence-corrected chi connectivity index (χ4v) is 1.13. The summed E-state index contributed by atoms with van der Waals surface area (Å²) in [6.45, 7) is 5.28. The lowest BCUT2D eigenvalue weighted by atomic mass is 10.3. The molecule has 0 unspecified atom stereocenters. The minimum atomic E-state index is 0.749. The molecule has 3 N–H and O–H groups in total. The zero-order chi connectivity index (χ0) is 8.27. The Morgan fingerprint density at radius 2 is 2.36 bits per heavy atom. The van der Waals surface area contributed by atoms with Gasteiger partial charge in [0.2, 0.25) is 5.69 Å². The minimum Gasteiger partial charge on any atom is -0.381 e. The molecule has 0 amide bonds. The van der Waals surface area contributed by atoms with Crippen LogP contribution in [0.4, 0.5) is 5.82 Å². The highest BCUT2D eigenvalue weighted by Crippen LogP contribution is 1.97. The monoisotopic (exact) mass is 154 g/mol. The highest BCUT2D eigenvalue weighted by atomic mass is 15.3. The molecule has 1 aromatic rings. The molecular weight excluding hydrogens is 138 g/mol. The highest BCUT2D eigenvalue weighted by Gasteiger charge is 2.07. The SMILES string of the molecule is CCCC[n+]1[nH]c(N)cc1C. The first-order chi connectivity index (χ1) is 5.24. The molecule has 1 aromatic heterocycles. The summed E-state index contributed by atoms with van der Waals surface area (Å²) in [5, 5.41) is 3.07. The molecule has 3 nitrogen and oxygen atoms in total. The number of rotatable bonds is 3. The first-order valence-electron chi connectivity index (χ1n) is 4.09. The lowest BCUT2D eigenvalue weighted by Crippen LogP contribution is -2.38. The molecule has 0 fully saturated rings. The molecule has 1 rings (SSSR count). The van der Waals surface area contributed by atoms with E-state index in [1.807, 2.05) is 6.07 Å². The number of H-pyrrole nitrogens is 1. The quantitative estimate of drug-likeness (QED) is 0.627. The van der Waals surface area contributed by atoms with Crippen molar-refractivity contribution in [1.29, 1.82) is 0 Å². The first-order valence-corrected chi connectivity index (χ1v) is 4.09. The molecule has 62 valence electrons. The van der Waals surface area contributed by atoms with E-state index in [9.17, 15) is 0 Å². The maximum Gasteiger partial charge on any atom is 0.206 e. The lowest BCUT2D eigenvalue weighted by molar-refractivity contribution is -0.754. The second-order valence-corrected chi connectivity index (χ2v) is 2.86.